The molecule has 0 radical (unpaired) electrons. The highest BCUT2D eigenvalue weighted by Gasteiger charge is 2.46. The van der Waals surface area contributed by atoms with E-state index in [-0.39, 0.29) is 17.9 Å². The zero-order chi connectivity index (χ0) is 25.1. The van der Waals surface area contributed by atoms with Crippen LogP contribution in [-0.2, 0) is 16.1 Å². The Kier molecular flexibility index (Phi) is 7.01. The molecule has 1 aliphatic heterocycles. The number of amides is 1. The number of nitrogens with zero attached hydrogens (tertiary/aromatic N) is 2. The monoisotopic (exact) mass is 470 g/mol. The number of rotatable bonds is 7. The maximum atomic E-state index is 13.2. The number of aromatic nitrogens is 1. The van der Waals surface area contributed by atoms with Crippen LogP contribution >= 0.6 is 0 Å². The van der Waals surface area contributed by atoms with Gasteiger partial charge in [-0.3, -0.25) is 14.6 Å². The third-order valence-corrected chi connectivity index (χ3v) is 6.10. The molecule has 1 unspecified atom stereocenters. The number of aryl methyl sites for hydroxylation is 2. The molecule has 4 rings (SSSR count). The Bertz CT molecular complexity index is 1260. The van der Waals surface area contributed by atoms with Crippen molar-refractivity contribution in [3.05, 3.63) is 100 Å². The van der Waals surface area contributed by atoms with E-state index >= 15 is 0 Å². The van der Waals surface area contributed by atoms with Crippen molar-refractivity contribution >= 4 is 17.4 Å². The Balaban J connectivity index is 1.76. The first-order valence-corrected chi connectivity index (χ1v) is 11.7. The Hall–Kier alpha value is -3.93. The lowest BCUT2D eigenvalue weighted by Crippen LogP contribution is -2.29. The Labute approximate surface area is 205 Å². The second-order valence-electron chi connectivity index (χ2n) is 9.37. The zero-order valence-corrected chi connectivity index (χ0v) is 20.5. The second kappa shape index (κ2) is 10.1. The summed E-state index contributed by atoms with van der Waals surface area (Å²) in [5.74, 6) is -0.499. The van der Waals surface area contributed by atoms with E-state index in [9.17, 15) is 14.7 Å². The maximum absolute atomic E-state index is 13.2. The Morgan fingerprint density at radius 3 is 2.49 bits per heavy atom. The molecule has 1 aliphatic rings. The number of carbonyl (C=O) groups excluding carboxylic acids is 2. The van der Waals surface area contributed by atoms with Crippen LogP contribution in [0.4, 0.5) is 0 Å². The first kappa shape index (κ1) is 24.2. The van der Waals surface area contributed by atoms with Crippen LogP contribution in [0.3, 0.4) is 0 Å². The number of aliphatic hydroxyl groups excluding tert-OH is 1. The molecule has 35 heavy (non-hydrogen) atoms. The van der Waals surface area contributed by atoms with Gasteiger partial charge in [-0.25, -0.2) is 0 Å². The van der Waals surface area contributed by atoms with E-state index in [1.54, 1.807) is 42.7 Å². The van der Waals surface area contributed by atoms with Crippen molar-refractivity contribution in [2.24, 2.45) is 5.92 Å². The van der Waals surface area contributed by atoms with Crippen LogP contribution in [-0.4, -0.2) is 33.3 Å². The summed E-state index contributed by atoms with van der Waals surface area (Å²) in [5, 5.41) is 11.3. The predicted octanol–water partition coefficient (Wildman–Crippen LogP) is 5.36. The number of ketones is 1. The van der Waals surface area contributed by atoms with Gasteiger partial charge in [0.1, 0.15) is 11.5 Å². The van der Waals surface area contributed by atoms with Crippen LogP contribution in [0.1, 0.15) is 47.7 Å². The highest BCUT2D eigenvalue weighted by atomic mass is 16.5. The molecule has 0 saturated carbocycles. The largest absolute Gasteiger partial charge is 0.507 e. The summed E-state index contributed by atoms with van der Waals surface area (Å²) in [6.45, 7) is 8.93. The van der Waals surface area contributed by atoms with Gasteiger partial charge in [-0.15, -0.1) is 0 Å². The third-order valence-electron chi connectivity index (χ3n) is 6.10. The standard InChI is InChI=1S/C29H30N2O4/c1-18(2)17-35-24-11-9-21(10-12-24)27(32)25-26(22-6-5-13-30-15-22)31(29(34)28(25)33)16-23-14-19(3)7-8-20(23)4/h5-15,18,26,32H,16-17H2,1-4H3/b27-25+. The molecular weight excluding hydrogens is 440 g/mol. The summed E-state index contributed by atoms with van der Waals surface area (Å²) in [7, 11) is 0. The van der Waals surface area contributed by atoms with E-state index in [0.717, 1.165) is 16.7 Å². The van der Waals surface area contributed by atoms with Gasteiger partial charge in [-0.2, -0.15) is 0 Å². The number of hydrogen-bond acceptors (Lipinski definition) is 5. The molecule has 1 amide bonds. The van der Waals surface area contributed by atoms with E-state index in [1.807, 2.05) is 38.1 Å². The average molecular weight is 471 g/mol. The van der Waals surface area contributed by atoms with Gasteiger partial charge in [0.25, 0.3) is 11.7 Å². The van der Waals surface area contributed by atoms with Crippen LogP contribution in [0.5, 0.6) is 5.75 Å². The number of likely N-dealkylation sites (tertiary alicyclic amines) is 1. The molecule has 3 aromatic rings. The summed E-state index contributed by atoms with van der Waals surface area (Å²) in [6, 6.07) is 15.8. The molecule has 0 spiro atoms. The number of benzene rings is 2. The highest BCUT2D eigenvalue weighted by molar-refractivity contribution is 6.46. The number of carbonyl (C=O) groups is 2. The van der Waals surface area contributed by atoms with Crippen LogP contribution in [0.15, 0.2) is 72.6 Å². The second-order valence-corrected chi connectivity index (χ2v) is 9.37. The van der Waals surface area contributed by atoms with E-state index in [1.165, 1.54) is 4.90 Å². The number of pyridine rings is 1. The quantitative estimate of drug-likeness (QED) is 0.286. The van der Waals surface area contributed by atoms with Gasteiger partial charge < -0.3 is 14.7 Å². The zero-order valence-electron chi connectivity index (χ0n) is 20.5. The first-order chi connectivity index (χ1) is 16.8. The predicted molar refractivity (Wildman–Crippen MR) is 135 cm³/mol. The normalized spacial score (nSPS) is 17.3. The van der Waals surface area contributed by atoms with Crippen LogP contribution < -0.4 is 4.74 Å². The Morgan fingerprint density at radius 1 is 1.09 bits per heavy atom. The summed E-state index contributed by atoms with van der Waals surface area (Å²) in [6.07, 6.45) is 3.26. The SMILES string of the molecule is Cc1ccc(C)c(CN2C(=O)C(=O)/C(=C(/O)c3ccc(OCC(C)C)cc3)C2c2cccnc2)c1. The van der Waals surface area contributed by atoms with Crippen molar-refractivity contribution in [3.8, 4) is 5.75 Å². The third kappa shape index (κ3) is 5.11. The van der Waals surface area contributed by atoms with Crippen LogP contribution in [0.2, 0.25) is 0 Å². The highest BCUT2D eigenvalue weighted by Crippen LogP contribution is 2.40. The Morgan fingerprint density at radius 2 is 1.83 bits per heavy atom. The van der Waals surface area contributed by atoms with Gasteiger partial charge in [-0.1, -0.05) is 43.7 Å². The van der Waals surface area contributed by atoms with Crippen molar-refractivity contribution in [1.29, 1.82) is 0 Å². The van der Waals surface area contributed by atoms with Crippen molar-refractivity contribution in [2.75, 3.05) is 6.61 Å². The van der Waals surface area contributed by atoms with Crippen molar-refractivity contribution in [2.45, 2.75) is 40.3 Å². The number of hydrogen-bond donors (Lipinski definition) is 1. The van der Waals surface area contributed by atoms with Crippen LogP contribution in [0, 0.1) is 19.8 Å². The van der Waals surface area contributed by atoms with Gasteiger partial charge in [0.15, 0.2) is 0 Å². The maximum Gasteiger partial charge on any atom is 0.295 e. The smallest absolute Gasteiger partial charge is 0.295 e. The molecule has 6 nitrogen and oxygen atoms in total. The minimum absolute atomic E-state index is 0.0594. The minimum Gasteiger partial charge on any atom is -0.507 e. The average Bonchev–Trinajstić information content (AvgIpc) is 3.10. The van der Waals surface area contributed by atoms with E-state index in [0.29, 0.717) is 29.4 Å². The molecule has 2 heterocycles. The van der Waals surface area contributed by atoms with E-state index in [2.05, 4.69) is 18.8 Å². The minimum atomic E-state index is -0.750. The van der Waals surface area contributed by atoms with Crippen molar-refractivity contribution in [1.82, 2.24) is 9.88 Å². The molecule has 6 heteroatoms. The number of ether oxygens (including phenoxy) is 1. The summed E-state index contributed by atoms with van der Waals surface area (Å²) < 4.78 is 5.73. The van der Waals surface area contributed by atoms with Gasteiger partial charge >= 0.3 is 0 Å². The molecule has 1 atom stereocenters. The molecule has 0 bridgehead atoms. The van der Waals surface area contributed by atoms with E-state index < -0.39 is 17.7 Å². The number of aliphatic hydroxyl groups is 1. The van der Waals surface area contributed by atoms with Gasteiger partial charge in [-0.05, 0) is 66.8 Å². The van der Waals surface area contributed by atoms with E-state index in [4.69, 9.17) is 4.74 Å². The summed E-state index contributed by atoms with van der Waals surface area (Å²) in [5.41, 5.74) is 4.21. The van der Waals surface area contributed by atoms with Gasteiger partial charge in [0, 0.05) is 24.5 Å². The lowest BCUT2D eigenvalue weighted by Gasteiger charge is -2.26. The molecule has 1 N–H and O–H groups in total. The molecule has 180 valence electrons. The molecule has 1 saturated heterocycles. The van der Waals surface area contributed by atoms with Gasteiger partial charge in [0.2, 0.25) is 0 Å². The molecule has 1 fully saturated rings. The molecule has 0 aliphatic carbocycles. The lowest BCUT2D eigenvalue weighted by atomic mass is 9.96. The fourth-order valence-corrected chi connectivity index (χ4v) is 4.21. The lowest BCUT2D eigenvalue weighted by molar-refractivity contribution is -0.140. The first-order valence-electron chi connectivity index (χ1n) is 11.7. The summed E-state index contributed by atoms with van der Waals surface area (Å²) in [4.78, 5) is 32.2. The fraction of sp³-hybridized carbons (Fsp3) is 0.276. The topological polar surface area (TPSA) is 79.7 Å². The molecular formula is C29H30N2O4. The van der Waals surface area contributed by atoms with Gasteiger partial charge in [0.05, 0.1) is 18.2 Å². The van der Waals surface area contributed by atoms with Crippen molar-refractivity contribution in [3.63, 3.8) is 0 Å². The van der Waals surface area contributed by atoms with Crippen LogP contribution in [0.25, 0.3) is 5.76 Å². The molecule has 1 aromatic heterocycles. The number of Topliss-reactive ketones (excluding diaryl/α,β-unsaturated/α-hetero) is 1. The fourth-order valence-electron chi connectivity index (χ4n) is 4.21. The van der Waals surface area contributed by atoms with Crippen molar-refractivity contribution < 1.29 is 19.4 Å². The molecule has 2 aromatic carbocycles. The summed E-state index contributed by atoms with van der Waals surface area (Å²) >= 11 is 0.